The van der Waals surface area contributed by atoms with Crippen LogP contribution in [0, 0.1) is 10.1 Å². The number of H-pyrrole nitrogens is 1. The van der Waals surface area contributed by atoms with Gasteiger partial charge in [0.05, 0.1) is 0 Å². The summed E-state index contributed by atoms with van der Waals surface area (Å²) in [7, 11) is 0. The van der Waals surface area contributed by atoms with Gasteiger partial charge in [-0.25, -0.2) is 4.98 Å². The lowest BCUT2D eigenvalue weighted by atomic mass is 10.1. The van der Waals surface area contributed by atoms with Gasteiger partial charge in [-0.05, 0) is 36.8 Å². The number of aromatic nitrogens is 1. The summed E-state index contributed by atoms with van der Waals surface area (Å²) in [6.45, 7) is 1.62. The number of aromatic amines is 1. The molecule has 2 rings (SSSR count). The number of carbonyl (C=O) groups excluding carboxylic acids is 1. The highest BCUT2D eigenvalue weighted by atomic mass is 16.6. The SMILES string of the molecule is O=C(NCC[C@H]1CCCN1)c1ccc([N+](=O)[O-])[nH]1. The number of hydrogen-bond acceptors (Lipinski definition) is 4. The highest BCUT2D eigenvalue weighted by molar-refractivity contribution is 5.92. The first-order chi connectivity index (χ1) is 8.66. The summed E-state index contributed by atoms with van der Waals surface area (Å²) in [4.78, 5) is 24.0. The Morgan fingerprint density at radius 2 is 2.39 bits per heavy atom. The van der Waals surface area contributed by atoms with Crippen LogP contribution in [-0.2, 0) is 0 Å². The van der Waals surface area contributed by atoms with Crippen LogP contribution in [-0.4, -0.2) is 34.9 Å². The van der Waals surface area contributed by atoms with E-state index in [4.69, 9.17) is 0 Å². The summed E-state index contributed by atoms with van der Waals surface area (Å²) >= 11 is 0. The predicted molar refractivity (Wildman–Crippen MR) is 65.4 cm³/mol. The molecule has 0 bridgehead atoms. The van der Waals surface area contributed by atoms with Gasteiger partial charge in [0.25, 0.3) is 5.91 Å². The lowest BCUT2D eigenvalue weighted by Gasteiger charge is -2.09. The standard InChI is InChI=1S/C11H16N4O3/c16-11(9-3-4-10(14-9)15(17)18)13-7-5-8-2-1-6-12-8/h3-4,8,12,14H,1-2,5-7H2,(H,13,16)/t8-/m1/s1. The van der Waals surface area contributed by atoms with Crippen LogP contribution in [0.4, 0.5) is 5.82 Å². The van der Waals surface area contributed by atoms with E-state index in [0.29, 0.717) is 12.6 Å². The lowest BCUT2D eigenvalue weighted by molar-refractivity contribution is -0.389. The van der Waals surface area contributed by atoms with Gasteiger partial charge in [-0.2, -0.15) is 0 Å². The second-order valence-electron chi connectivity index (χ2n) is 4.35. The smallest absolute Gasteiger partial charge is 0.321 e. The van der Waals surface area contributed by atoms with Crippen molar-refractivity contribution in [3.63, 3.8) is 0 Å². The summed E-state index contributed by atoms with van der Waals surface area (Å²) < 4.78 is 0. The molecule has 0 aromatic carbocycles. The van der Waals surface area contributed by atoms with E-state index in [1.54, 1.807) is 0 Å². The number of hydrogen-bond donors (Lipinski definition) is 3. The fourth-order valence-electron chi connectivity index (χ4n) is 2.08. The Labute approximate surface area is 104 Å². The molecule has 1 amide bonds. The Hall–Kier alpha value is -1.89. The first kappa shape index (κ1) is 12.6. The molecule has 98 valence electrons. The van der Waals surface area contributed by atoms with Gasteiger partial charge < -0.3 is 20.7 Å². The van der Waals surface area contributed by atoms with Crippen molar-refractivity contribution in [1.29, 1.82) is 0 Å². The van der Waals surface area contributed by atoms with Crippen LogP contribution in [0.25, 0.3) is 0 Å². The Kier molecular flexibility index (Phi) is 3.93. The molecule has 0 unspecified atom stereocenters. The van der Waals surface area contributed by atoms with E-state index in [1.165, 1.54) is 18.6 Å². The number of amides is 1. The molecule has 3 N–H and O–H groups in total. The number of nitrogens with zero attached hydrogens (tertiary/aromatic N) is 1. The molecule has 1 fully saturated rings. The van der Waals surface area contributed by atoms with E-state index in [-0.39, 0.29) is 17.4 Å². The van der Waals surface area contributed by atoms with E-state index in [9.17, 15) is 14.9 Å². The molecule has 0 radical (unpaired) electrons. The average Bonchev–Trinajstić information content (AvgIpc) is 2.99. The highest BCUT2D eigenvalue weighted by Gasteiger charge is 2.17. The van der Waals surface area contributed by atoms with Crippen LogP contribution in [0.1, 0.15) is 29.8 Å². The molecule has 18 heavy (non-hydrogen) atoms. The second kappa shape index (κ2) is 5.63. The van der Waals surface area contributed by atoms with Crippen LogP contribution < -0.4 is 10.6 Å². The van der Waals surface area contributed by atoms with Crippen LogP contribution in [0.5, 0.6) is 0 Å². The third kappa shape index (κ3) is 3.07. The zero-order chi connectivity index (χ0) is 13.0. The molecule has 7 heteroatoms. The molecule has 0 aliphatic carbocycles. The molecule has 7 nitrogen and oxygen atoms in total. The molecule has 1 aromatic heterocycles. The van der Waals surface area contributed by atoms with Crippen molar-refractivity contribution in [3.05, 3.63) is 27.9 Å². The van der Waals surface area contributed by atoms with E-state index in [1.807, 2.05) is 0 Å². The first-order valence-corrected chi connectivity index (χ1v) is 6.02. The summed E-state index contributed by atoms with van der Waals surface area (Å²) in [5.41, 5.74) is 0.223. The van der Waals surface area contributed by atoms with Gasteiger partial charge in [0, 0.05) is 18.7 Å². The summed E-state index contributed by atoms with van der Waals surface area (Å²) in [5.74, 6) is -0.473. The zero-order valence-electron chi connectivity index (χ0n) is 9.94. The van der Waals surface area contributed by atoms with E-state index in [2.05, 4.69) is 15.6 Å². The minimum Gasteiger partial charge on any atom is -0.358 e. The maximum absolute atomic E-state index is 11.7. The molecule has 2 heterocycles. The number of nitro groups is 1. The van der Waals surface area contributed by atoms with Crippen LogP contribution >= 0.6 is 0 Å². The topological polar surface area (TPSA) is 100 Å². The Balaban J connectivity index is 1.77. The first-order valence-electron chi connectivity index (χ1n) is 6.02. The van der Waals surface area contributed by atoms with Crippen LogP contribution in [0.2, 0.25) is 0 Å². The van der Waals surface area contributed by atoms with Gasteiger partial charge in [0.1, 0.15) is 0 Å². The van der Waals surface area contributed by atoms with E-state index in [0.717, 1.165) is 19.4 Å². The van der Waals surface area contributed by atoms with E-state index >= 15 is 0 Å². The summed E-state index contributed by atoms with van der Waals surface area (Å²) in [6, 6.07) is 3.18. The van der Waals surface area contributed by atoms with Crippen molar-refractivity contribution in [2.45, 2.75) is 25.3 Å². The van der Waals surface area contributed by atoms with Gasteiger partial charge in [0.2, 0.25) is 0 Å². The molecule has 0 spiro atoms. The van der Waals surface area contributed by atoms with Gasteiger partial charge in [-0.1, -0.05) is 0 Å². The largest absolute Gasteiger partial charge is 0.358 e. The molecule has 1 aliphatic rings. The highest BCUT2D eigenvalue weighted by Crippen LogP contribution is 2.10. The number of rotatable bonds is 5. The molecular weight excluding hydrogens is 236 g/mol. The lowest BCUT2D eigenvalue weighted by Crippen LogP contribution is -2.30. The molecule has 1 aromatic rings. The quantitative estimate of drug-likeness (QED) is 0.533. The number of carbonyl (C=O) groups is 1. The van der Waals surface area contributed by atoms with Crippen molar-refractivity contribution in [2.24, 2.45) is 0 Å². The summed E-state index contributed by atoms with van der Waals surface area (Å²) in [5, 5.41) is 16.5. The maximum Gasteiger partial charge on any atom is 0.321 e. The second-order valence-corrected chi connectivity index (χ2v) is 4.35. The average molecular weight is 252 g/mol. The Morgan fingerprint density at radius 3 is 3.00 bits per heavy atom. The van der Waals surface area contributed by atoms with Crippen LogP contribution in [0.15, 0.2) is 12.1 Å². The maximum atomic E-state index is 11.7. The van der Waals surface area contributed by atoms with Crippen molar-refractivity contribution >= 4 is 11.7 Å². The predicted octanol–water partition coefficient (Wildman–Crippen LogP) is 0.795. The van der Waals surface area contributed by atoms with Crippen LogP contribution in [0.3, 0.4) is 0 Å². The van der Waals surface area contributed by atoms with Gasteiger partial charge >= 0.3 is 5.82 Å². The van der Waals surface area contributed by atoms with Gasteiger partial charge in [-0.15, -0.1) is 0 Å². The van der Waals surface area contributed by atoms with Crippen molar-refractivity contribution in [3.8, 4) is 0 Å². The third-order valence-electron chi connectivity index (χ3n) is 3.05. The fraction of sp³-hybridized carbons (Fsp3) is 0.545. The number of nitrogens with one attached hydrogen (secondary N) is 3. The minimum atomic E-state index is -0.556. The van der Waals surface area contributed by atoms with Crippen molar-refractivity contribution in [1.82, 2.24) is 15.6 Å². The van der Waals surface area contributed by atoms with Crippen molar-refractivity contribution in [2.75, 3.05) is 13.1 Å². The molecular formula is C11H16N4O3. The van der Waals surface area contributed by atoms with Crippen molar-refractivity contribution < 1.29 is 9.72 Å². The molecule has 0 saturated carbocycles. The fourth-order valence-corrected chi connectivity index (χ4v) is 2.08. The Morgan fingerprint density at radius 1 is 1.56 bits per heavy atom. The monoisotopic (exact) mass is 252 g/mol. The molecule has 1 aliphatic heterocycles. The zero-order valence-corrected chi connectivity index (χ0v) is 9.94. The minimum absolute atomic E-state index is 0.169. The van der Waals surface area contributed by atoms with E-state index < -0.39 is 4.92 Å². The normalized spacial score (nSPS) is 18.8. The third-order valence-corrected chi connectivity index (χ3v) is 3.05. The Bertz CT molecular complexity index is 437. The summed E-state index contributed by atoms with van der Waals surface area (Å²) in [6.07, 6.45) is 3.21. The molecule has 1 atom stereocenters. The van der Waals surface area contributed by atoms with Gasteiger partial charge in [-0.3, -0.25) is 4.79 Å². The van der Waals surface area contributed by atoms with Gasteiger partial charge in [0.15, 0.2) is 5.69 Å². The molecule has 1 saturated heterocycles.